The summed E-state index contributed by atoms with van der Waals surface area (Å²) in [6.07, 6.45) is 5.50. The van der Waals surface area contributed by atoms with Crippen LogP contribution in [0, 0.1) is 48.3 Å². The maximum Gasteiger partial charge on any atom is 0.316 e. The van der Waals surface area contributed by atoms with Gasteiger partial charge < -0.3 is 14.4 Å². The van der Waals surface area contributed by atoms with Crippen LogP contribution < -0.4 is 19.3 Å². The van der Waals surface area contributed by atoms with Gasteiger partial charge in [-0.2, -0.15) is 0 Å². The Labute approximate surface area is 226 Å². The molecule has 0 N–H and O–H groups in total. The van der Waals surface area contributed by atoms with Gasteiger partial charge in [0.25, 0.3) is 0 Å². The monoisotopic (exact) mass is 526 g/mol. The van der Waals surface area contributed by atoms with Crippen molar-refractivity contribution in [3.05, 3.63) is 60.2 Å². The molecule has 2 aliphatic heterocycles. The van der Waals surface area contributed by atoms with E-state index in [1.165, 1.54) is 4.90 Å². The number of carbonyl (C=O) groups is 4. The molecule has 39 heavy (non-hydrogen) atoms. The standard InChI is InChI=1S/C31H30N2O6/c1-3-38-25-7-5-4-6-24(25)32-15-17(13-26(32)34)31(37)39-18-8-11-23(16(2)12-18)33-29(35)27-19-9-10-20(22-14-21(19)22)28(27)30(33)36/h4-12,17,19-22,27-28H,3,13-15H2,1-2H3/t17-,19+,20+,21-,22+,27-,28+/m1/s1. The molecule has 0 aromatic heterocycles. The van der Waals surface area contributed by atoms with Crippen LogP contribution in [-0.4, -0.2) is 36.8 Å². The number of hydrogen-bond acceptors (Lipinski definition) is 6. The van der Waals surface area contributed by atoms with E-state index in [0.717, 1.165) is 6.42 Å². The van der Waals surface area contributed by atoms with Gasteiger partial charge in [-0.3, -0.25) is 19.2 Å². The minimum Gasteiger partial charge on any atom is -0.492 e. The van der Waals surface area contributed by atoms with Gasteiger partial charge in [0.05, 0.1) is 35.7 Å². The highest BCUT2D eigenvalue weighted by atomic mass is 16.5. The zero-order valence-corrected chi connectivity index (χ0v) is 21.9. The Morgan fingerprint density at radius 2 is 1.64 bits per heavy atom. The molecule has 2 saturated heterocycles. The van der Waals surface area contributed by atoms with Crippen LogP contribution in [0.2, 0.25) is 0 Å². The van der Waals surface area contributed by atoms with Crippen LogP contribution in [0.5, 0.6) is 11.5 Å². The Morgan fingerprint density at radius 1 is 0.949 bits per heavy atom. The third kappa shape index (κ3) is 3.64. The molecule has 0 spiro atoms. The topological polar surface area (TPSA) is 93.2 Å². The van der Waals surface area contributed by atoms with Gasteiger partial charge in [0, 0.05) is 13.0 Å². The summed E-state index contributed by atoms with van der Waals surface area (Å²) in [5.41, 5.74) is 1.87. The molecule has 8 nitrogen and oxygen atoms in total. The van der Waals surface area contributed by atoms with Crippen molar-refractivity contribution >= 4 is 35.1 Å². The highest BCUT2D eigenvalue weighted by Crippen LogP contribution is 2.65. The van der Waals surface area contributed by atoms with E-state index in [9.17, 15) is 19.2 Å². The van der Waals surface area contributed by atoms with Crippen LogP contribution in [-0.2, 0) is 19.2 Å². The molecule has 2 bridgehead atoms. The van der Waals surface area contributed by atoms with Crippen molar-refractivity contribution in [2.45, 2.75) is 26.7 Å². The van der Waals surface area contributed by atoms with Crippen LogP contribution in [0.1, 0.15) is 25.3 Å². The van der Waals surface area contributed by atoms with Crippen molar-refractivity contribution in [2.24, 2.45) is 41.4 Å². The van der Waals surface area contributed by atoms with E-state index in [1.54, 1.807) is 35.2 Å². The van der Waals surface area contributed by atoms with Gasteiger partial charge in [-0.05, 0) is 79.8 Å². The number of hydrogen-bond donors (Lipinski definition) is 0. The number of imide groups is 1. The zero-order valence-electron chi connectivity index (χ0n) is 21.9. The molecule has 2 aromatic rings. The highest BCUT2D eigenvalue weighted by Gasteiger charge is 2.67. The Hall–Kier alpha value is -3.94. The number of esters is 1. The number of carbonyl (C=O) groups excluding carboxylic acids is 4. The predicted octanol–water partition coefficient (Wildman–Crippen LogP) is 3.91. The molecule has 200 valence electrons. The van der Waals surface area contributed by atoms with E-state index < -0.39 is 11.9 Å². The number of ether oxygens (including phenoxy) is 2. The van der Waals surface area contributed by atoms with Gasteiger partial charge in [0.1, 0.15) is 11.5 Å². The molecule has 8 heteroatoms. The molecule has 7 atom stereocenters. The largest absolute Gasteiger partial charge is 0.492 e. The van der Waals surface area contributed by atoms with Gasteiger partial charge in [-0.15, -0.1) is 0 Å². The van der Waals surface area contributed by atoms with Crippen LogP contribution in [0.3, 0.4) is 0 Å². The average Bonchev–Trinajstić information content (AvgIpc) is 3.61. The summed E-state index contributed by atoms with van der Waals surface area (Å²) in [5, 5.41) is 0. The molecule has 2 saturated carbocycles. The fraction of sp³-hybridized carbons (Fsp3) is 0.419. The van der Waals surface area contributed by atoms with Crippen LogP contribution in [0.15, 0.2) is 54.6 Å². The van der Waals surface area contributed by atoms with Crippen molar-refractivity contribution in [3.63, 3.8) is 0 Å². The van der Waals surface area contributed by atoms with Crippen molar-refractivity contribution in [3.8, 4) is 11.5 Å². The predicted molar refractivity (Wildman–Crippen MR) is 142 cm³/mol. The van der Waals surface area contributed by atoms with E-state index >= 15 is 0 Å². The molecule has 0 radical (unpaired) electrons. The summed E-state index contributed by atoms with van der Waals surface area (Å²) < 4.78 is 11.3. The molecular weight excluding hydrogens is 496 g/mol. The van der Waals surface area contributed by atoms with Crippen LogP contribution in [0.4, 0.5) is 11.4 Å². The Balaban J connectivity index is 1.06. The van der Waals surface area contributed by atoms with Gasteiger partial charge in [0.2, 0.25) is 17.7 Å². The lowest BCUT2D eigenvalue weighted by Crippen LogP contribution is -2.40. The SMILES string of the molecule is CCOc1ccccc1N1C[C@H](C(=O)Oc2ccc(N3C(=O)[C@@H]4[C@H]5C=C[C@@H]([C@@H]6C[C@H]56)[C@@H]4C3=O)c(C)c2)CC1=O. The number of rotatable bonds is 6. The number of benzene rings is 2. The number of anilines is 2. The lowest BCUT2D eigenvalue weighted by Gasteiger charge is -2.37. The third-order valence-corrected chi connectivity index (χ3v) is 9.20. The van der Waals surface area contributed by atoms with Crippen molar-refractivity contribution < 1.29 is 28.7 Å². The smallest absolute Gasteiger partial charge is 0.316 e. The molecule has 0 unspecified atom stereocenters. The van der Waals surface area contributed by atoms with Crippen molar-refractivity contribution in [2.75, 3.05) is 23.0 Å². The molecular formula is C31H30N2O6. The van der Waals surface area contributed by atoms with E-state index in [4.69, 9.17) is 9.47 Å². The normalized spacial score (nSPS) is 31.9. The van der Waals surface area contributed by atoms with Crippen LogP contribution in [0.25, 0.3) is 0 Å². The van der Waals surface area contributed by atoms with Gasteiger partial charge in [0.15, 0.2) is 0 Å². The van der Waals surface area contributed by atoms with Gasteiger partial charge in [-0.25, -0.2) is 4.90 Å². The highest BCUT2D eigenvalue weighted by molar-refractivity contribution is 6.23. The summed E-state index contributed by atoms with van der Waals surface area (Å²) in [4.78, 5) is 55.7. The van der Waals surface area contributed by atoms with E-state index in [-0.39, 0.29) is 54.4 Å². The lowest BCUT2D eigenvalue weighted by atomic mass is 9.63. The maximum atomic E-state index is 13.5. The number of amides is 3. The van der Waals surface area contributed by atoms with Crippen molar-refractivity contribution in [1.82, 2.24) is 0 Å². The third-order valence-electron chi connectivity index (χ3n) is 9.20. The molecule has 2 heterocycles. The molecule has 4 aliphatic carbocycles. The fourth-order valence-electron chi connectivity index (χ4n) is 7.39. The van der Waals surface area contributed by atoms with E-state index in [2.05, 4.69) is 12.2 Å². The van der Waals surface area contributed by atoms with Gasteiger partial charge >= 0.3 is 5.97 Å². The van der Waals surface area contributed by atoms with Crippen LogP contribution >= 0.6 is 0 Å². The van der Waals surface area contributed by atoms with E-state index in [0.29, 0.717) is 46.9 Å². The second-order valence-electron chi connectivity index (χ2n) is 11.3. The minimum absolute atomic E-state index is 0.0499. The Kier molecular flexibility index (Phi) is 5.44. The molecule has 6 aliphatic rings. The summed E-state index contributed by atoms with van der Waals surface area (Å²) >= 11 is 0. The minimum atomic E-state index is -0.619. The Bertz CT molecular complexity index is 1410. The number of nitrogens with zero attached hydrogens (tertiary/aromatic N) is 2. The molecule has 2 aromatic carbocycles. The lowest BCUT2D eigenvalue weighted by molar-refractivity contribution is -0.139. The quantitative estimate of drug-likeness (QED) is 0.245. The van der Waals surface area contributed by atoms with Gasteiger partial charge in [-0.1, -0.05) is 24.3 Å². The number of para-hydroxylation sites is 2. The first-order valence-corrected chi connectivity index (χ1v) is 13.8. The summed E-state index contributed by atoms with van der Waals surface area (Å²) in [6, 6.07) is 12.3. The number of allylic oxidation sites excluding steroid dienone is 2. The zero-order chi connectivity index (χ0) is 27.0. The fourth-order valence-corrected chi connectivity index (χ4v) is 7.39. The summed E-state index contributed by atoms with van der Waals surface area (Å²) in [6.45, 7) is 4.36. The maximum absolute atomic E-state index is 13.5. The van der Waals surface area contributed by atoms with E-state index in [1.807, 2.05) is 26.0 Å². The summed E-state index contributed by atoms with van der Waals surface area (Å²) in [5.74, 6) is 0.332. The second-order valence-corrected chi connectivity index (χ2v) is 11.3. The first-order chi connectivity index (χ1) is 18.9. The Morgan fingerprint density at radius 3 is 2.31 bits per heavy atom. The average molecular weight is 527 g/mol. The number of aryl methyl sites for hydroxylation is 1. The second kappa shape index (κ2) is 8.79. The van der Waals surface area contributed by atoms with Crippen molar-refractivity contribution in [1.29, 1.82) is 0 Å². The molecule has 3 amide bonds. The summed E-state index contributed by atoms with van der Waals surface area (Å²) in [7, 11) is 0. The molecule has 8 rings (SSSR count). The molecule has 4 fully saturated rings. The first-order valence-electron chi connectivity index (χ1n) is 13.8. The first kappa shape index (κ1) is 24.1.